The van der Waals surface area contributed by atoms with Crippen molar-refractivity contribution in [1.82, 2.24) is 5.32 Å². The molecule has 0 radical (unpaired) electrons. The molecule has 8 heteroatoms. The van der Waals surface area contributed by atoms with Crippen LogP contribution in [0.4, 0.5) is 11.4 Å². The molecule has 0 heterocycles. The summed E-state index contributed by atoms with van der Waals surface area (Å²) in [4.78, 5) is 0.127. The summed E-state index contributed by atoms with van der Waals surface area (Å²) >= 11 is 11.2. The van der Waals surface area contributed by atoms with Crippen LogP contribution < -0.4 is 15.4 Å². The van der Waals surface area contributed by atoms with Crippen LogP contribution in [0.1, 0.15) is 12.8 Å². The summed E-state index contributed by atoms with van der Waals surface area (Å²) in [6.07, 6.45) is 2.22. The number of anilines is 2. The van der Waals surface area contributed by atoms with E-state index in [4.69, 9.17) is 23.8 Å². The van der Waals surface area contributed by atoms with E-state index in [2.05, 4.69) is 15.4 Å². The van der Waals surface area contributed by atoms with Gasteiger partial charge in [-0.15, -0.1) is 0 Å². The quantitative estimate of drug-likeness (QED) is 0.690. The van der Waals surface area contributed by atoms with Gasteiger partial charge in [0.25, 0.3) is 10.0 Å². The first-order valence-electron chi connectivity index (χ1n) is 7.39. The van der Waals surface area contributed by atoms with Gasteiger partial charge in [-0.2, -0.15) is 0 Å². The van der Waals surface area contributed by atoms with E-state index >= 15 is 0 Å². The molecule has 0 saturated heterocycles. The van der Waals surface area contributed by atoms with Crippen LogP contribution in [0, 0.1) is 0 Å². The maximum atomic E-state index is 12.5. The first-order chi connectivity index (χ1) is 11.4. The molecule has 3 rings (SSSR count). The molecule has 5 nitrogen and oxygen atoms in total. The highest BCUT2D eigenvalue weighted by molar-refractivity contribution is 7.92. The molecule has 1 aliphatic rings. The lowest BCUT2D eigenvalue weighted by Crippen LogP contribution is -2.30. The van der Waals surface area contributed by atoms with Crippen LogP contribution in [0.5, 0.6) is 0 Å². The second-order valence-electron chi connectivity index (χ2n) is 5.49. The Kier molecular flexibility index (Phi) is 4.93. The Balaban J connectivity index is 1.76. The summed E-state index contributed by atoms with van der Waals surface area (Å²) < 4.78 is 27.6. The van der Waals surface area contributed by atoms with Gasteiger partial charge in [-0.25, -0.2) is 8.42 Å². The number of benzene rings is 2. The van der Waals surface area contributed by atoms with Crippen molar-refractivity contribution >= 4 is 50.3 Å². The van der Waals surface area contributed by atoms with E-state index in [0.29, 0.717) is 27.6 Å². The molecule has 2 aromatic carbocycles. The minimum Gasteiger partial charge on any atom is -0.360 e. The van der Waals surface area contributed by atoms with E-state index in [1.54, 1.807) is 36.4 Å². The van der Waals surface area contributed by atoms with E-state index < -0.39 is 10.0 Å². The summed E-state index contributed by atoms with van der Waals surface area (Å²) in [6.45, 7) is 0. The zero-order chi connectivity index (χ0) is 17.2. The summed E-state index contributed by atoms with van der Waals surface area (Å²) in [6, 6.07) is 13.6. The van der Waals surface area contributed by atoms with Gasteiger partial charge >= 0.3 is 0 Å². The zero-order valence-corrected chi connectivity index (χ0v) is 15.0. The minimum absolute atomic E-state index is 0.127. The first kappa shape index (κ1) is 17.0. The smallest absolute Gasteiger partial charge is 0.262 e. The average Bonchev–Trinajstić information content (AvgIpc) is 3.33. The number of hydrogen-bond acceptors (Lipinski definition) is 3. The predicted molar refractivity (Wildman–Crippen MR) is 101 cm³/mol. The molecule has 126 valence electrons. The summed E-state index contributed by atoms with van der Waals surface area (Å²) in [5.41, 5.74) is 0.943. The molecular weight excluding hydrogens is 366 g/mol. The second-order valence-corrected chi connectivity index (χ2v) is 7.98. The van der Waals surface area contributed by atoms with Crippen LogP contribution in [0.25, 0.3) is 0 Å². The van der Waals surface area contributed by atoms with Crippen molar-refractivity contribution in [3.63, 3.8) is 0 Å². The fourth-order valence-corrected chi connectivity index (χ4v) is 3.72. The first-order valence-corrected chi connectivity index (χ1v) is 9.66. The third-order valence-corrected chi connectivity index (χ3v) is 5.35. The highest BCUT2D eigenvalue weighted by Gasteiger charge is 2.22. The van der Waals surface area contributed by atoms with Crippen molar-refractivity contribution in [2.24, 2.45) is 0 Å². The summed E-state index contributed by atoms with van der Waals surface area (Å²) in [5.74, 6) is 0. The van der Waals surface area contributed by atoms with Crippen LogP contribution in [0.15, 0.2) is 53.4 Å². The summed E-state index contributed by atoms with van der Waals surface area (Å²) in [5, 5.41) is 6.98. The highest BCUT2D eigenvalue weighted by atomic mass is 35.5. The van der Waals surface area contributed by atoms with Gasteiger partial charge in [-0.05, 0) is 55.4 Å². The monoisotopic (exact) mass is 381 g/mol. The zero-order valence-electron chi connectivity index (χ0n) is 12.6. The van der Waals surface area contributed by atoms with Gasteiger partial charge in [0.15, 0.2) is 5.11 Å². The Morgan fingerprint density at radius 1 is 1.12 bits per heavy atom. The molecule has 0 aromatic heterocycles. The van der Waals surface area contributed by atoms with Gasteiger partial charge in [-0.3, -0.25) is 4.72 Å². The van der Waals surface area contributed by atoms with Crippen LogP contribution in [0.3, 0.4) is 0 Å². The Labute approximate surface area is 151 Å². The van der Waals surface area contributed by atoms with E-state index in [1.807, 2.05) is 0 Å². The SMILES string of the molecule is O=S(=O)(Nc1ccccc1Cl)c1cccc(NC(=S)NC2CC2)c1. The number of hydrogen-bond donors (Lipinski definition) is 3. The lowest BCUT2D eigenvalue weighted by Gasteiger charge is -2.12. The molecule has 0 unspecified atom stereocenters. The molecule has 1 aliphatic carbocycles. The Hall–Kier alpha value is -1.83. The van der Waals surface area contributed by atoms with Crippen molar-refractivity contribution in [3.8, 4) is 0 Å². The maximum absolute atomic E-state index is 12.5. The van der Waals surface area contributed by atoms with Crippen LogP contribution >= 0.6 is 23.8 Å². The van der Waals surface area contributed by atoms with Gasteiger partial charge in [-0.1, -0.05) is 29.8 Å². The second kappa shape index (κ2) is 6.96. The maximum Gasteiger partial charge on any atom is 0.262 e. The molecule has 0 spiro atoms. The van der Waals surface area contributed by atoms with E-state index in [-0.39, 0.29) is 4.90 Å². The standard InChI is InChI=1S/C16H16ClN3O2S2/c17-14-6-1-2-7-15(14)20-24(21,22)13-5-3-4-12(10-13)19-16(23)18-11-8-9-11/h1-7,10-11,20H,8-9H2,(H2,18,19,23). The van der Waals surface area contributed by atoms with Crippen molar-refractivity contribution in [2.45, 2.75) is 23.8 Å². The number of nitrogens with one attached hydrogen (secondary N) is 3. The molecule has 1 fully saturated rings. The van der Waals surface area contributed by atoms with Crippen molar-refractivity contribution in [1.29, 1.82) is 0 Å². The number of rotatable bonds is 5. The molecule has 3 N–H and O–H groups in total. The molecule has 0 bridgehead atoms. The normalized spacial score (nSPS) is 14.0. The summed E-state index contributed by atoms with van der Waals surface area (Å²) in [7, 11) is -3.74. The van der Waals surface area contributed by atoms with Crippen molar-refractivity contribution in [2.75, 3.05) is 10.0 Å². The van der Waals surface area contributed by atoms with E-state index in [1.165, 1.54) is 12.1 Å². The fourth-order valence-electron chi connectivity index (χ4n) is 2.07. The number of para-hydroxylation sites is 1. The van der Waals surface area contributed by atoms with E-state index in [9.17, 15) is 8.42 Å². The predicted octanol–water partition coefficient (Wildman–Crippen LogP) is 3.59. The highest BCUT2D eigenvalue weighted by Crippen LogP contribution is 2.25. The number of thiocarbonyl (C=S) groups is 1. The molecule has 24 heavy (non-hydrogen) atoms. The fraction of sp³-hybridized carbons (Fsp3) is 0.188. The average molecular weight is 382 g/mol. The van der Waals surface area contributed by atoms with Crippen molar-refractivity contribution < 1.29 is 8.42 Å². The Morgan fingerprint density at radius 2 is 1.88 bits per heavy atom. The molecule has 0 aliphatic heterocycles. The van der Waals surface area contributed by atoms with Gasteiger partial charge in [0.05, 0.1) is 15.6 Å². The van der Waals surface area contributed by atoms with Crippen LogP contribution in [-0.4, -0.2) is 19.6 Å². The lowest BCUT2D eigenvalue weighted by atomic mass is 10.3. The van der Waals surface area contributed by atoms with Crippen LogP contribution in [0.2, 0.25) is 5.02 Å². The number of sulfonamides is 1. The van der Waals surface area contributed by atoms with Crippen molar-refractivity contribution in [3.05, 3.63) is 53.6 Å². The van der Waals surface area contributed by atoms with E-state index in [0.717, 1.165) is 12.8 Å². The molecule has 1 saturated carbocycles. The Bertz CT molecular complexity index is 867. The lowest BCUT2D eigenvalue weighted by molar-refractivity contribution is 0.601. The molecule has 0 atom stereocenters. The van der Waals surface area contributed by atoms with Crippen LogP contribution in [-0.2, 0) is 10.0 Å². The third-order valence-electron chi connectivity index (χ3n) is 3.43. The van der Waals surface area contributed by atoms with Gasteiger partial charge in [0.1, 0.15) is 0 Å². The molecule has 2 aromatic rings. The number of halogens is 1. The Morgan fingerprint density at radius 3 is 2.58 bits per heavy atom. The van der Waals surface area contributed by atoms with Gasteiger partial charge in [0.2, 0.25) is 0 Å². The molecule has 0 amide bonds. The van der Waals surface area contributed by atoms with Gasteiger partial charge < -0.3 is 10.6 Å². The topological polar surface area (TPSA) is 70.2 Å². The third kappa shape index (κ3) is 4.37. The van der Waals surface area contributed by atoms with Gasteiger partial charge in [0, 0.05) is 11.7 Å². The minimum atomic E-state index is -3.74. The molecular formula is C16H16ClN3O2S2. The largest absolute Gasteiger partial charge is 0.360 e.